The van der Waals surface area contributed by atoms with Crippen molar-refractivity contribution >= 4 is 23.4 Å². The fraction of sp³-hybridized carbons (Fsp3) is 0.700. The molecule has 0 bridgehead atoms. The van der Waals surface area contributed by atoms with Gasteiger partial charge in [-0.05, 0) is 32.1 Å². The van der Waals surface area contributed by atoms with Crippen LogP contribution in [-0.4, -0.2) is 40.6 Å². The number of anilines is 2. The lowest BCUT2D eigenvalue weighted by Gasteiger charge is -2.29. The predicted molar refractivity (Wildman–Crippen MR) is 117 cm³/mol. The first-order valence-electron chi connectivity index (χ1n) is 10.8. The van der Waals surface area contributed by atoms with Crippen LogP contribution in [0.2, 0.25) is 0 Å². The zero-order valence-electron chi connectivity index (χ0n) is 18.1. The number of rotatable bonds is 8. The third kappa shape index (κ3) is 5.87. The number of amides is 3. The molecule has 1 aromatic heterocycles. The molecule has 0 radical (unpaired) electrons. The van der Waals surface area contributed by atoms with Gasteiger partial charge in [0, 0.05) is 19.1 Å². The van der Waals surface area contributed by atoms with Gasteiger partial charge in [0.05, 0.1) is 6.54 Å². The maximum Gasteiger partial charge on any atom is 0.330 e. The summed E-state index contributed by atoms with van der Waals surface area (Å²) in [6, 6.07) is -0.487. The molecule has 10 nitrogen and oxygen atoms in total. The number of unbranched alkanes of at least 4 members (excludes halogenated alkanes) is 1. The molecule has 0 aliphatic heterocycles. The van der Waals surface area contributed by atoms with Crippen molar-refractivity contribution in [1.82, 2.24) is 20.2 Å². The Morgan fingerprint density at radius 3 is 2.57 bits per heavy atom. The van der Waals surface area contributed by atoms with Gasteiger partial charge < -0.3 is 16.0 Å². The molecule has 1 fully saturated rings. The van der Waals surface area contributed by atoms with Gasteiger partial charge in [-0.2, -0.15) is 0 Å². The minimum Gasteiger partial charge on any atom is -0.383 e. The Balaban J connectivity index is 2.09. The van der Waals surface area contributed by atoms with E-state index in [1.165, 1.54) is 9.47 Å². The molecule has 10 heteroatoms. The van der Waals surface area contributed by atoms with Crippen LogP contribution in [0.1, 0.15) is 59.3 Å². The van der Waals surface area contributed by atoms with Crippen molar-refractivity contribution in [2.45, 2.75) is 71.9 Å². The van der Waals surface area contributed by atoms with Gasteiger partial charge in [0.1, 0.15) is 11.5 Å². The maximum atomic E-state index is 12.4. The minimum atomic E-state index is -0.652. The number of carbonyl (C=O) groups is 2. The highest BCUT2D eigenvalue weighted by Crippen LogP contribution is 2.23. The summed E-state index contributed by atoms with van der Waals surface area (Å²) in [5.41, 5.74) is 4.94. The summed E-state index contributed by atoms with van der Waals surface area (Å²) in [5.74, 6) is -0.162. The van der Waals surface area contributed by atoms with Gasteiger partial charge in [0.25, 0.3) is 5.56 Å². The van der Waals surface area contributed by atoms with Crippen molar-refractivity contribution in [2.75, 3.05) is 23.7 Å². The molecule has 1 aromatic rings. The Labute approximate surface area is 176 Å². The normalized spacial score (nSPS) is 18.6. The first-order chi connectivity index (χ1) is 14.3. The molecular formula is C20H34N6O4. The number of nitrogens with one attached hydrogen (secondary N) is 3. The molecule has 168 valence electrons. The SMILES string of the molecule is CCCCn1c(N)c(N(CC)CC(=O)NC(=O)NC2CCCCC2C)c(=O)[nH]c1=O. The molecule has 0 spiro atoms. The number of nitrogens with two attached hydrogens (primary N) is 1. The van der Waals surface area contributed by atoms with Gasteiger partial charge in [0.2, 0.25) is 5.91 Å². The molecule has 1 heterocycles. The third-order valence-electron chi connectivity index (χ3n) is 5.66. The van der Waals surface area contributed by atoms with Crippen LogP contribution in [0.3, 0.4) is 0 Å². The molecule has 5 N–H and O–H groups in total. The van der Waals surface area contributed by atoms with E-state index in [1.807, 2.05) is 6.92 Å². The summed E-state index contributed by atoms with van der Waals surface area (Å²) in [6.07, 6.45) is 5.74. The number of nitrogens with zero attached hydrogens (tertiary/aromatic N) is 2. The van der Waals surface area contributed by atoms with E-state index in [2.05, 4.69) is 22.5 Å². The summed E-state index contributed by atoms with van der Waals surface area (Å²) in [4.78, 5) is 52.9. The molecule has 2 unspecified atom stereocenters. The molecule has 0 aromatic carbocycles. The molecule has 0 saturated heterocycles. The fourth-order valence-corrected chi connectivity index (χ4v) is 3.84. The Kier molecular flexibility index (Phi) is 8.49. The smallest absolute Gasteiger partial charge is 0.330 e. The molecule has 2 atom stereocenters. The quantitative estimate of drug-likeness (QED) is 0.495. The molecular weight excluding hydrogens is 388 g/mol. The lowest BCUT2D eigenvalue weighted by Crippen LogP contribution is -2.50. The van der Waals surface area contributed by atoms with Crippen LogP contribution in [0.5, 0.6) is 0 Å². The lowest BCUT2D eigenvalue weighted by molar-refractivity contribution is -0.118. The van der Waals surface area contributed by atoms with Crippen molar-refractivity contribution in [1.29, 1.82) is 0 Å². The van der Waals surface area contributed by atoms with Crippen LogP contribution < -0.4 is 32.5 Å². The largest absolute Gasteiger partial charge is 0.383 e. The van der Waals surface area contributed by atoms with E-state index in [0.717, 1.165) is 38.5 Å². The third-order valence-corrected chi connectivity index (χ3v) is 5.66. The van der Waals surface area contributed by atoms with E-state index in [9.17, 15) is 19.2 Å². The number of aromatic amines is 1. The number of H-pyrrole nitrogens is 1. The van der Waals surface area contributed by atoms with Crippen molar-refractivity contribution in [3.8, 4) is 0 Å². The van der Waals surface area contributed by atoms with E-state index in [-0.39, 0.29) is 24.1 Å². The van der Waals surface area contributed by atoms with Crippen LogP contribution in [0, 0.1) is 5.92 Å². The Morgan fingerprint density at radius 2 is 1.93 bits per heavy atom. The van der Waals surface area contributed by atoms with E-state index < -0.39 is 23.2 Å². The van der Waals surface area contributed by atoms with Crippen LogP contribution >= 0.6 is 0 Å². The van der Waals surface area contributed by atoms with Gasteiger partial charge in [0.15, 0.2) is 0 Å². The molecule has 2 rings (SSSR count). The number of urea groups is 1. The van der Waals surface area contributed by atoms with Crippen molar-refractivity contribution < 1.29 is 9.59 Å². The number of nitrogen functional groups attached to an aromatic ring is 1. The average molecular weight is 423 g/mol. The van der Waals surface area contributed by atoms with E-state index in [4.69, 9.17) is 5.73 Å². The van der Waals surface area contributed by atoms with Crippen LogP contribution in [0.25, 0.3) is 0 Å². The number of likely N-dealkylation sites (N-methyl/N-ethyl adjacent to an activating group) is 1. The molecule has 1 aliphatic rings. The minimum absolute atomic E-state index is 0.0207. The zero-order chi connectivity index (χ0) is 22.3. The second-order valence-electron chi connectivity index (χ2n) is 7.90. The van der Waals surface area contributed by atoms with Crippen LogP contribution in [0.15, 0.2) is 9.59 Å². The lowest BCUT2D eigenvalue weighted by atomic mass is 9.86. The maximum absolute atomic E-state index is 12.4. The van der Waals surface area contributed by atoms with Gasteiger partial charge >= 0.3 is 11.7 Å². The topological polar surface area (TPSA) is 142 Å². The second-order valence-corrected chi connectivity index (χ2v) is 7.90. The number of carbonyl (C=O) groups excluding carboxylic acids is 2. The number of hydrogen-bond acceptors (Lipinski definition) is 6. The highest BCUT2D eigenvalue weighted by Gasteiger charge is 2.24. The Morgan fingerprint density at radius 1 is 1.23 bits per heavy atom. The van der Waals surface area contributed by atoms with E-state index in [0.29, 0.717) is 19.0 Å². The zero-order valence-corrected chi connectivity index (χ0v) is 18.1. The first-order valence-corrected chi connectivity index (χ1v) is 10.8. The fourth-order valence-electron chi connectivity index (χ4n) is 3.84. The second kappa shape index (κ2) is 10.8. The number of hydrogen-bond donors (Lipinski definition) is 4. The van der Waals surface area contributed by atoms with Gasteiger partial charge in [-0.1, -0.05) is 33.1 Å². The van der Waals surface area contributed by atoms with Crippen molar-refractivity contribution in [3.05, 3.63) is 20.8 Å². The van der Waals surface area contributed by atoms with Gasteiger partial charge in [-0.15, -0.1) is 0 Å². The molecule has 30 heavy (non-hydrogen) atoms. The van der Waals surface area contributed by atoms with E-state index in [1.54, 1.807) is 6.92 Å². The number of aromatic nitrogens is 2. The highest BCUT2D eigenvalue weighted by atomic mass is 16.2. The average Bonchev–Trinajstić information content (AvgIpc) is 2.68. The Hall–Kier alpha value is -2.78. The monoisotopic (exact) mass is 422 g/mol. The summed E-state index contributed by atoms with van der Waals surface area (Å²) in [6.45, 7) is 6.27. The van der Waals surface area contributed by atoms with Gasteiger partial charge in [-0.25, -0.2) is 9.59 Å². The summed E-state index contributed by atoms with van der Waals surface area (Å²) in [5, 5.41) is 5.19. The highest BCUT2D eigenvalue weighted by molar-refractivity contribution is 5.96. The number of imide groups is 1. The summed E-state index contributed by atoms with van der Waals surface area (Å²) in [7, 11) is 0. The predicted octanol–water partition coefficient (Wildman–Crippen LogP) is 1.15. The standard InChI is InChI=1S/C20H34N6O4/c1-4-6-11-26-17(21)16(18(28)24-20(26)30)25(5-2)12-15(27)23-19(29)22-14-10-8-7-9-13(14)3/h13-14H,4-12,21H2,1-3H3,(H,24,28,30)(H2,22,23,27,29). The summed E-state index contributed by atoms with van der Waals surface area (Å²) < 4.78 is 1.30. The van der Waals surface area contributed by atoms with Crippen molar-refractivity contribution in [2.24, 2.45) is 5.92 Å². The van der Waals surface area contributed by atoms with Crippen LogP contribution in [-0.2, 0) is 11.3 Å². The van der Waals surface area contributed by atoms with Crippen molar-refractivity contribution in [3.63, 3.8) is 0 Å². The summed E-state index contributed by atoms with van der Waals surface area (Å²) >= 11 is 0. The Bertz CT molecular complexity index is 862. The molecule has 1 saturated carbocycles. The van der Waals surface area contributed by atoms with Crippen LogP contribution in [0.4, 0.5) is 16.3 Å². The molecule has 3 amide bonds. The van der Waals surface area contributed by atoms with Gasteiger partial charge in [-0.3, -0.25) is 24.5 Å². The molecule has 1 aliphatic carbocycles. The first kappa shape index (κ1) is 23.5. The van der Waals surface area contributed by atoms with E-state index >= 15 is 0 Å².